The van der Waals surface area contributed by atoms with Crippen LogP contribution in [-0.2, 0) is 4.74 Å². The smallest absolute Gasteiger partial charge is 0.338 e. The third-order valence-electron chi connectivity index (χ3n) is 2.98. The van der Waals surface area contributed by atoms with E-state index < -0.39 is 0 Å². The van der Waals surface area contributed by atoms with Gasteiger partial charge in [-0.1, -0.05) is 13.3 Å². The van der Waals surface area contributed by atoms with Gasteiger partial charge >= 0.3 is 5.97 Å². The quantitative estimate of drug-likeness (QED) is 0.409. The fourth-order valence-electron chi connectivity index (χ4n) is 1.63. The molecule has 0 spiro atoms. The molecule has 5 heteroatoms. The van der Waals surface area contributed by atoms with Crippen LogP contribution < -0.4 is 17.7 Å². The van der Waals surface area contributed by atoms with Crippen LogP contribution in [0.15, 0.2) is 24.3 Å². The van der Waals surface area contributed by atoms with Crippen molar-refractivity contribution < 1.29 is 26.4 Å². The molecule has 1 rings (SSSR count). The average molecular weight is 315 g/mol. The molecule has 1 N–H and O–H groups in total. The van der Waals surface area contributed by atoms with Crippen LogP contribution in [0.2, 0.25) is 0 Å². The zero-order valence-corrected chi connectivity index (χ0v) is 14.2. The summed E-state index contributed by atoms with van der Waals surface area (Å²) in [4.78, 5) is 11.9. The number of quaternary nitrogens is 1. The molecule has 0 aliphatic carbocycles. The topological polar surface area (TPSA) is 38.3 Å². The van der Waals surface area contributed by atoms with Crippen LogP contribution in [0.1, 0.15) is 30.1 Å². The molecule has 120 valence electrons. The lowest BCUT2D eigenvalue weighted by Crippen LogP contribution is -3.00. The fourth-order valence-corrected chi connectivity index (χ4v) is 1.63. The molecule has 0 bridgehead atoms. The molecule has 1 aromatic carbocycles. The van der Waals surface area contributed by atoms with E-state index in [0.717, 1.165) is 29.7 Å². The van der Waals surface area contributed by atoms with Gasteiger partial charge in [-0.25, -0.2) is 4.79 Å². The third-order valence-corrected chi connectivity index (χ3v) is 2.98. The first-order valence-electron chi connectivity index (χ1n) is 7.24. The number of halogens is 1. The second-order valence-electron chi connectivity index (χ2n) is 6.01. The Morgan fingerprint density at radius 3 is 2.33 bits per heavy atom. The minimum absolute atomic E-state index is 0. The standard InChI is InChI=1S/C16H26N2O2.ClH/c1-5-6-11-17-15-9-7-14(8-10-15)16(19)20-13-12-18(2,3)4;/h7-10H,5-6,11-13H2,1-4H3;1H. The Bertz CT molecular complexity index is 413. The molecule has 0 aliphatic heterocycles. The van der Waals surface area contributed by atoms with Crippen LogP contribution >= 0.6 is 0 Å². The number of esters is 1. The molecule has 0 unspecified atom stereocenters. The summed E-state index contributed by atoms with van der Waals surface area (Å²) in [7, 11) is 6.22. The van der Waals surface area contributed by atoms with Gasteiger partial charge in [0.1, 0.15) is 13.2 Å². The van der Waals surface area contributed by atoms with E-state index in [1.807, 2.05) is 24.3 Å². The van der Waals surface area contributed by atoms with E-state index >= 15 is 0 Å². The Hall–Kier alpha value is -1.26. The van der Waals surface area contributed by atoms with Crippen LogP contribution in [0, 0.1) is 0 Å². The highest BCUT2D eigenvalue weighted by molar-refractivity contribution is 5.89. The highest BCUT2D eigenvalue weighted by Crippen LogP contribution is 2.11. The summed E-state index contributed by atoms with van der Waals surface area (Å²) >= 11 is 0. The molecule has 0 radical (unpaired) electrons. The number of nitrogens with one attached hydrogen (secondary N) is 1. The Morgan fingerprint density at radius 2 is 1.81 bits per heavy atom. The SMILES string of the molecule is CCCCNc1ccc(C(=O)OCC[N+](C)(C)C)cc1.[Cl-]. The highest BCUT2D eigenvalue weighted by Gasteiger charge is 2.11. The second kappa shape index (κ2) is 9.64. The van der Waals surface area contributed by atoms with E-state index in [1.165, 1.54) is 6.42 Å². The first kappa shape index (κ1) is 19.7. The van der Waals surface area contributed by atoms with Gasteiger partial charge < -0.3 is 26.9 Å². The molecule has 0 saturated carbocycles. The van der Waals surface area contributed by atoms with Gasteiger partial charge in [-0.2, -0.15) is 0 Å². The van der Waals surface area contributed by atoms with E-state index in [2.05, 4.69) is 33.4 Å². The number of carbonyl (C=O) groups excluding carboxylic acids is 1. The number of likely N-dealkylation sites (N-methyl/N-ethyl adjacent to an activating group) is 1. The number of ether oxygens (including phenoxy) is 1. The number of benzene rings is 1. The molecule has 1 aromatic rings. The average Bonchev–Trinajstić information content (AvgIpc) is 2.38. The van der Waals surface area contributed by atoms with E-state index in [9.17, 15) is 4.79 Å². The molecule has 21 heavy (non-hydrogen) atoms. The molecule has 0 amide bonds. The maximum Gasteiger partial charge on any atom is 0.338 e. The largest absolute Gasteiger partial charge is 1.00 e. The summed E-state index contributed by atoms with van der Waals surface area (Å²) in [6, 6.07) is 7.46. The summed E-state index contributed by atoms with van der Waals surface area (Å²) < 4.78 is 6.05. The Kier molecular flexibility index (Phi) is 9.06. The van der Waals surface area contributed by atoms with Crippen molar-refractivity contribution in [2.75, 3.05) is 46.2 Å². The summed E-state index contributed by atoms with van der Waals surface area (Å²) in [6.07, 6.45) is 2.32. The lowest BCUT2D eigenvalue weighted by molar-refractivity contribution is -0.870. The predicted molar refractivity (Wildman–Crippen MR) is 83.0 cm³/mol. The Balaban J connectivity index is 0.00000400. The molecule has 0 atom stereocenters. The minimum atomic E-state index is -0.251. The Labute approximate surface area is 134 Å². The normalized spacial score (nSPS) is 10.7. The predicted octanol–water partition coefficient (Wildman–Crippen LogP) is -0.234. The van der Waals surface area contributed by atoms with Crippen molar-refractivity contribution >= 4 is 11.7 Å². The van der Waals surface area contributed by atoms with E-state index in [4.69, 9.17) is 4.74 Å². The van der Waals surface area contributed by atoms with Gasteiger partial charge in [0.05, 0.1) is 26.7 Å². The van der Waals surface area contributed by atoms with Gasteiger partial charge in [-0.05, 0) is 30.7 Å². The van der Waals surface area contributed by atoms with Gasteiger partial charge in [-0.3, -0.25) is 0 Å². The first-order valence-corrected chi connectivity index (χ1v) is 7.24. The Morgan fingerprint density at radius 1 is 1.19 bits per heavy atom. The van der Waals surface area contributed by atoms with Crippen LogP contribution in [0.5, 0.6) is 0 Å². The number of unbranched alkanes of at least 4 members (excludes halogenated alkanes) is 1. The van der Waals surface area contributed by atoms with Crippen molar-refractivity contribution in [1.29, 1.82) is 0 Å². The van der Waals surface area contributed by atoms with Crippen molar-refractivity contribution in [3.05, 3.63) is 29.8 Å². The van der Waals surface area contributed by atoms with Crippen molar-refractivity contribution in [2.45, 2.75) is 19.8 Å². The molecule has 0 aliphatic rings. The van der Waals surface area contributed by atoms with Crippen molar-refractivity contribution in [1.82, 2.24) is 0 Å². The number of hydrogen-bond acceptors (Lipinski definition) is 3. The maximum absolute atomic E-state index is 11.9. The van der Waals surface area contributed by atoms with Crippen molar-refractivity contribution in [3.63, 3.8) is 0 Å². The van der Waals surface area contributed by atoms with Crippen LogP contribution in [0.25, 0.3) is 0 Å². The number of nitrogens with zero attached hydrogens (tertiary/aromatic N) is 1. The molecular weight excluding hydrogens is 288 g/mol. The number of anilines is 1. The van der Waals surface area contributed by atoms with Crippen molar-refractivity contribution in [2.24, 2.45) is 0 Å². The summed E-state index contributed by atoms with van der Waals surface area (Å²) in [5, 5.41) is 3.32. The monoisotopic (exact) mass is 314 g/mol. The zero-order valence-electron chi connectivity index (χ0n) is 13.5. The molecule has 0 aromatic heterocycles. The number of hydrogen-bond donors (Lipinski definition) is 1. The summed E-state index contributed by atoms with van der Waals surface area (Å²) in [6.45, 7) is 4.38. The molecule has 0 heterocycles. The maximum atomic E-state index is 11.9. The first-order chi connectivity index (χ1) is 9.42. The van der Waals surface area contributed by atoms with E-state index in [0.29, 0.717) is 12.2 Å². The lowest BCUT2D eigenvalue weighted by atomic mass is 10.2. The van der Waals surface area contributed by atoms with Crippen LogP contribution in [0.4, 0.5) is 5.69 Å². The fraction of sp³-hybridized carbons (Fsp3) is 0.562. The van der Waals surface area contributed by atoms with Gasteiger partial charge in [0.25, 0.3) is 0 Å². The number of carbonyl (C=O) groups is 1. The van der Waals surface area contributed by atoms with Crippen LogP contribution in [0.3, 0.4) is 0 Å². The summed E-state index contributed by atoms with van der Waals surface area (Å²) in [5.41, 5.74) is 1.65. The van der Waals surface area contributed by atoms with Gasteiger partial charge in [0.15, 0.2) is 0 Å². The van der Waals surface area contributed by atoms with Crippen molar-refractivity contribution in [3.8, 4) is 0 Å². The van der Waals surface area contributed by atoms with Gasteiger partial charge in [0, 0.05) is 12.2 Å². The third kappa shape index (κ3) is 8.58. The zero-order chi connectivity index (χ0) is 15.0. The summed E-state index contributed by atoms with van der Waals surface area (Å²) in [5.74, 6) is -0.251. The minimum Gasteiger partial charge on any atom is -1.00 e. The molecule has 4 nitrogen and oxygen atoms in total. The van der Waals surface area contributed by atoms with Crippen LogP contribution in [-0.4, -0.2) is 51.3 Å². The number of rotatable bonds is 8. The lowest BCUT2D eigenvalue weighted by Gasteiger charge is -2.23. The highest BCUT2D eigenvalue weighted by atomic mass is 35.5. The van der Waals surface area contributed by atoms with E-state index in [1.54, 1.807) is 0 Å². The van der Waals surface area contributed by atoms with E-state index in [-0.39, 0.29) is 18.4 Å². The molecule has 0 saturated heterocycles. The molecular formula is C16H27ClN2O2. The molecule has 0 fully saturated rings. The van der Waals surface area contributed by atoms with Gasteiger partial charge in [0.2, 0.25) is 0 Å². The van der Waals surface area contributed by atoms with Gasteiger partial charge in [-0.15, -0.1) is 0 Å². The second-order valence-corrected chi connectivity index (χ2v) is 6.01.